The zero-order chi connectivity index (χ0) is 17.8. The average molecular weight is 447 g/mol. The minimum absolute atomic E-state index is 0.0981. The molecule has 0 radical (unpaired) electrons. The standard InChI is InChI=1S/C20H18INO3/c1-3-13(2)24-18-7-5-4-6-15(18)12-17-20(23)25-19(22-17)14-8-10-16(21)11-9-14/h4-13H,3H2,1-2H3/b17-12-. The van der Waals surface area contributed by atoms with E-state index in [1.807, 2.05) is 55.5 Å². The Balaban J connectivity index is 1.91. The molecule has 3 rings (SSSR count). The molecule has 0 N–H and O–H groups in total. The smallest absolute Gasteiger partial charge is 0.363 e. The molecule has 4 nitrogen and oxygen atoms in total. The second kappa shape index (κ2) is 7.82. The van der Waals surface area contributed by atoms with Gasteiger partial charge in [-0.1, -0.05) is 25.1 Å². The summed E-state index contributed by atoms with van der Waals surface area (Å²) in [5, 5.41) is 0. The highest BCUT2D eigenvalue weighted by molar-refractivity contribution is 14.1. The lowest BCUT2D eigenvalue weighted by molar-refractivity contribution is -0.129. The number of cyclic esters (lactones) is 1. The SMILES string of the molecule is CCC(C)Oc1ccccc1/C=C1\N=C(c2ccc(I)cc2)OC1=O. The van der Waals surface area contributed by atoms with Gasteiger partial charge in [0, 0.05) is 14.7 Å². The van der Waals surface area contributed by atoms with Gasteiger partial charge in [0.05, 0.1) is 6.10 Å². The van der Waals surface area contributed by atoms with E-state index in [1.165, 1.54) is 0 Å². The topological polar surface area (TPSA) is 47.9 Å². The molecule has 1 atom stereocenters. The van der Waals surface area contributed by atoms with Gasteiger partial charge in [0.25, 0.3) is 0 Å². The summed E-state index contributed by atoms with van der Waals surface area (Å²) < 4.78 is 12.3. The number of nitrogens with zero attached hydrogens (tertiary/aromatic N) is 1. The third kappa shape index (κ3) is 4.28. The van der Waals surface area contributed by atoms with Crippen LogP contribution >= 0.6 is 22.6 Å². The molecule has 0 saturated carbocycles. The van der Waals surface area contributed by atoms with E-state index in [2.05, 4.69) is 34.5 Å². The highest BCUT2D eigenvalue weighted by atomic mass is 127. The van der Waals surface area contributed by atoms with Crippen LogP contribution < -0.4 is 4.74 Å². The average Bonchev–Trinajstić information content (AvgIpc) is 2.98. The summed E-state index contributed by atoms with van der Waals surface area (Å²) in [7, 11) is 0. The van der Waals surface area contributed by atoms with Gasteiger partial charge in [-0.25, -0.2) is 9.79 Å². The van der Waals surface area contributed by atoms with Gasteiger partial charge in [0.1, 0.15) is 5.75 Å². The molecule has 0 amide bonds. The van der Waals surface area contributed by atoms with Gasteiger partial charge in [-0.2, -0.15) is 0 Å². The van der Waals surface area contributed by atoms with Crippen LogP contribution in [0.2, 0.25) is 0 Å². The lowest BCUT2D eigenvalue weighted by Gasteiger charge is -2.14. The molecule has 1 heterocycles. The summed E-state index contributed by atoms with van der Waals surface area (Å²) >= 11 is 2.23. The molecular weight excluding hydrogens is 429 g/mol. The van der Waals surface area contributed by atoms with Crippen LogP contribution in [0.15, 0.2) is 59.2 Å². The van der Waals surface area contributed by atoms with E-state index in [4.69, 9.17) is 9.47 Å². The summed E-state index contributed by atoms with van der Waals surface area (Å²) in [6.07, 6.45) is 2.71. The Hall–Kier alpha value is -2.15. The molecule has 0 bridgehead atoms. The molecule has 2 aromatic carbocycles. The van der Waals surface area contributed by atoms with E-state index in [1.54, 1.807) is 6.08 Å². The van der Waals surface area contributed by atoms with E-state index >= 15 is 0 Å². The Morgan fingerprint density at radius 3 is 2.64 bits per heavy atom. The maximum absolute atomic E-state index is 12.2. The van der Waals surface area contributed by atoms with E-state index in [9.17, 15) is 4.79 Å². The molecule has 2 aromatic rings. The first-order chi connectivity index (χ1) is 12.1. The van der Waals surface area contributed by atoms with Crippen molar-refractivity contribution in [1.82, 2.24) is 0 Å². The number of benzene rings is 2. The number of esters is 1. The first-order valence-electron chi connectivity index (χ1n) is 8.11. The van der Waals surface area contributed by atoms with Crippen LogP contribution in [0.1, 0.15) is 31.4 Å². The van der Waals surface area contributed by atoms with Crippen molar-refractivity contribution < 1.29 is 14.3 Å². The fourth-order valence-electron chi connectivity index (χ4n) is 2.28. The number of para-hydroxylation sites is 1. The van der Waals surface area contributed by atoms with Gasteiger partial charge >= 0.3 is 5.97 Å². The Labute approximate surface area is 160 Å². The Bertz CT molecular complexity index is 840. The van der Waals surface area contributed by atoms with Crippen LogP contribution in [0.5, 0.6) is 5.75 Å². The number of hydrogen-bond acceptors (Lipinski definition) is 4. The third-order valence-corrected chi connectivity index (χ3v) is 4.55. The van der Waals surface area contributed by atoms with E-state index in [0.29, 0.717) is 5.90 Å². The molecule has 0 spiro atoms. The van der Waals surface area contributed by atoms with Crippen molar-refractivity contribution in [3.8, 4) is 5.75 Å². The van der Waals surface area contributed by atoms with Gasteiger partial charge in [-0.05, 0) is 72.3 Å². The van der Waals surface area contributed by atoms with E-state index < -0.39 is 5.97 Å². The molecule has 0 aromatic heterocycles. The number of halogens is 1. The van der Waals surface area contributed by atoms with Gasteiger partial charge in [0.2, 0.25) is 5.90 Å². The van der Waals surface area contributed by atoms with Crippen LogP contribution in [0.3, 0.4) is 0 Å². The first-order valence-corrected chi connectivity index (χ1v) is 9.19. The third-order valence-electron chi connectivity index (χ3n) is 3.83. The summed E-state index contributed by atoms with van der Waals surface area (Å²) in [5.74, 6) is 0.606. The fourth-order valence-corrected chi connectivity index (χ4v) is 2.64. The quantitative estimate of drug-likeness (QED) is 0.376. The largest absolute Gasteiger partial charge is 0.490 e. The molecule has 1 unspecified atom stereocenters. The molecular formula is C20H18INO3. The lowest BCUT2D eigenvalue weighted by Crippen LogP contribution is -2.10. The van der Waals surface area contributed by atoms with Gasteiger partial charge in [-0.15, -0.1) is 0 Å². The number of ether oxygens (including phenoxy) is 2. The van der Waals surface area contributed by atoms with E-state index in [0.717, 1.165) is 26.9 Å². The molecule has 0 aliphatic carbocycles. The van der Waals surface area contributed by atoms with Crippen molar-refractivity contribution in [3.63, 3.8) is 0 Å². The second-order valence-corrected chi connectivity index (χ2v) is 6.96. The molecule has 1 aliphatic rings. The Morgan fingerprint density at radius 1 is 1.20 bits per heavy atom. The molecule has 128 valence electrons. The number of carbonyl (C=O) groups is 1. The normalized spacial score (nSPS) is 16.5. The predicted octanol–water partition coefficient (Wildman–Crippen LogP) is 4.81. The minimum atomic E-state index is -0.452. The number of hydrogen-bond donors (Lipinski definition) is 0. The molecule has 0 fully saturated rings. The van der Waals surface area contributed by atoms with Crippen molar-refractivity contribution in [2.75, 3.05) is 0 Å². The van der Waals surface area contributed by atoms with Crippen molar-refractivity contribution >= 4 is 40.5 Å². The zero-order valence-corrected chi connectivity index (χ0v) is 16.2. The monoisotopic (exact) mass is 447 g/mol. The number of aliphatic imine (C=N–C) groups is 1. The van der Waals surface area contributed by atoms with Gasteiger partial charge < -0.3 is 9.47 Å². The van der Waals surface area contributed by atoms with Crippen LogP contribution in [0, 0.1) is 3.57 Å². The second-order valence-electron chi connectivity index (χ2n) is 5.72. The van der Waals surface area contributed by atoms with Crippen LogP contribution in [0.4, 0.5) is 0 Å². The number of carbonyl (C=O) groups excluding carboxylic acids is 1. The highest BCUT2D eigenvalue weighted by Gasteiger charge is 2.24. The molecule has 1 aliphatic heterocycles. The number of rotatable bonds is 5. The maximum atomic E-state index is 12.2. The fraction of sp³-hybridized carbons (Fsp3) is 0.200. The van der Waals surface area contributed by atoms with Crippen LogP contribution in [-0.2, 0) is 9.53 Å². The molecule has 25 heavy (non-hydrogen) atoms. The van der Waals surface area contributed by atoms with Crippen molar-refractivity contribution in [1.29, 1.82) is 0 Å². The minimum Gasteiger partial charge on any atom is -0.490 e. The Morgan fingerprint density at radius 2 is 1.92 bits per heavy atom. The molecule has 5 heteroatoms. The lowest BCUT2D eigenvalue weighted by atomic mass is 10.1. The zero-order valence-electron chi connectivity index (χ0n) is 14.0. The summed E-state index contributed by atoms with van der Waals surface area (Å²) in [4.78, 5) is 16.5. The van der Waals surface area contributed by atoms with Crippen molar-refractivity contribution in [2.45, 2.75) is 26.4 Å². The first kappa shape index (κ1) is 17.7. The highest BCUT2D eigenvalue weighted by Crippen LogP contribution is 2.26. The molecule has 0 saturated heterocycles. The Kier molecular flexibility index (Phi) is 5.53. The van der Waals surface area contributed by atoms with Gasteiger partial charge in [0.15, 0.2) is 5.70 Å². The van der Waals surface area contributed by atoms with Crippen molar-refractivity contribution in [2.24, 2.45) is 4.99 Å². The predicted molar refractivity (Wildman–Crippen MR) is 107 cm³/mol. The maximum Gasteiger partial charge on any atom is 0.363 e. The summed E-state index contributed by atoms with van der Waals surface area (Å²) in [6.45, 7) is 4.08. The van der Waals surface area contributed by atoms with Gasteiger partial charge in [-0.3, -0.25) is 0 Å². The summed E-state index contributed by atoms with van der Waals surface area (Å²) in [5.41, 5.74) is 1.86. The summed E-state index contributed by atoms with van der Waals surface area (Å²) in [6, 6.07) is 15.3. The van der Waals surface area contributed by atoms with Crippen LogP contribution in [0.25, 0.3) is 6.08 Å². The van der Waals surface area contributed by atoms with Crippen molar-refractivity contribution in [3.05, 3.63) is 68.9 Å². The van der Waals surface area contributed by atoms with E-state index in [-0.39, 0.29) is 11.8 Å². The van der Waals surface area contributed by atoms with Crippen LogP contribution in [-0.4, -0.2) is 18.0 Å².